The van der Waals surface area contributed by atoms with Gasteiger partial charge in [-0.1, -0.05) is 43.0 Å². The molecule has 0 aliphatic heterocycles. The second-order valence-corrected chi connectivity index (χ2v) is 3.26. The van der Waals surface area contributed by atoms with Crippen molar-refractivity contribution in [2.24, 2.45) is 0 Å². The molecule has 2 rings (SSSR count). The first kappa shape index (κ1) is 8.06. The third kappa shape index (κ3) is 1.35. The summed E-state index contributed by atoms with van der Waals surface area (Å²) in [5.74, 6) is 0. The summed E-state index contributed by atoms with van der Waals surface area (Å²) in [5.41, 5.74) is 2.51. The van der Waals surface area contributed by atoms with E-state index in [1.807, 2.05) is 6.08 Å². The van der Waals surface area contributed by atoms with Gasteiger partial charge in [0, 0.05) is 0 Å². The summed E-state index contributed by atoms with van der Waals surface area (Å²) in [5, 5.41) is 2.58. The second kappa shape index (κ2) is 3.06. The van der Waals surface area contributed by atoms with E-state index < -0.39 is 0 Å². The lowest BCUT2D eigenvalue weighted by Crippen LogP contribution is -1.81. The molecule has 0 unspecified atom stereocenters. The van der Waals surface area contributed by atoms with Crippen molar-refractivity contribution in [3.8, 4) is 0 Å². The number of hydrogen-bond donors (Lipinski definition) is 0. The average Bonchev–Trinajstić information content (AvgIpc) is 2.17. The standard InChI is InChI=1S/C13H12/c1-3-11-9-13-7-5-4-6-12(13)8-10(11)2/h3-9H,1H2,2H3. The fourth-order valence-electron chi connectivity index (χ4n) is 1.59. The van der Waals surface area contributed by atoms with Gasteiger partial charge < -0.3 is 0 Å². The summed E-state index contributed by atoms with van der Waals surface area (Å²) in [7, 11) is 0. The average molecular weight is 168 g/mol. The molecule has 0 radical (unpaired) electrons. The Hall–Kier alpha value is -1.56. The monoisotopic (exact) mass is 168 g/mol. The van der Waals surface area contributed by atoms with Crippen molar-refractivity contribution < 1.29 is 0 Å². The highest BCUT2D eigenvalue weighted by molar-refractivity contribution is 5.85. The van der Waals surface area contributed by atoms with Crippen LogP contribution in [-0.2, 0) is 0 Å². The van der Waals surface area contributed by atoms with Gasteiger partial charge in [-0.3, -0.25) is 0 Å². The molecule has 0 heterocycles. The molecular weight excluding hydrogens is 156 g/mol. The summed E-state index contributed by atoms with van der Waals surface area (Å²) in [6.45, 7) is 5.91. The van der Waals surface area contributed by atoms with Crippen LogP contribution in [-0.4, -0.2) is 0 Å². The molecule has 2 aromatic carbocycles. The molecule has 0 nitrogen and oxygen atoms in total. The normalized spacial score (nSPS) is 10.2. The predicted octanol–water partition coefficient (Wildman–Crippen LogP) is 3.79. The van der Waals surface area contributed by atoms with Crippen LogP contribution in [0.2, 0.25) is 0 Å². The quantitative estimate of drug-likeness (QED) is 0.607. The van der Waals surface area contributed by atoms with Crippen LogP contribution in [0.1, 0.15) is 11.1 Å². The van der Waals surface area contributed by atoms with Gasteiger partial charge in [0.25, 0.3) is 0 Å². The molecule has 0 N–H and O–H groups in total. The Bertz CT molecular complexity index is 453. The number of fused-ring (bicyclic) bond motifs is 1. The zero-order valence-corrected chi connectivity index (χ0v) is 7.75. The van der Waals surface area contributed by atoms with Gasteiger partial charge in [-0.05, 0) is 34.9 Å². The number of rotatable bonds is 1. The summed E-state index contributed by atoms with van der Waals surface area (Å²) in [6, 6.07) is 12.8. The minimum atomic E-state index is 1.22. The van der Waals surface area contributed by atoms with Crippen LogP contribution in [0.3, 0.4) is 0 Å². The largest absolute Gasteiger partial charge is 0.0985 e. The van der Waals surface area contributed by atoms with Gasteiger partial charge in [0.2, 0.25) is 0 Å². The lowest BCUT2D eigenvalue weighted by Gasteiger charge is -2.03. The van der Waals surface area contributed by atoms with E-state index in [0.717, 1.165) is 0 Å². The molecule has 0 atom stereocenters. The van der Waals surface area contributed by atoms with Gasteiger partial charge >= 0.3 is 0 Å². The maximum absolute atomic E-state index is 3.80. The van der Waals surface area contributed by atoms with Crippen LogP contribution in [0.5, 0.6) is 0 Å². The highest BCUT2D eigenvalue weighted by atomic mass is 14.0. The molecule has 0 aromatic heterocycles. The van der Waals surface area contributed by atoms with E-state index in [1.165, 1.54) is 21.9 Å². The van der Waals surface area contributed by atoms with Crippen LogP contribution >= 0.6 is 0 Å². The van der Waals surface area contributed by atoms with E-state index in [0.29, 0.717) is 0 Å². The fourth-order valence-corrected chi connectivity index (χ4v) is 1.59. The lowest BCUT2D eigenvalue weighted by atomic mass is 10.0. The number of aryl methyl sites for hydroxylation is 1. The first-order valence-corrected chi connectivity index (χ1v) is 4.43. The third-order valence-electron chi connectivity index (χ3n) is 2.35. The molecule has 0 amide bonds. The molecule has 2 aromatic rings. The summed E-state index contributed by atoms with van der Waals surface area (Å²) >= 11 is 0. The SMILES string of the molecule is C=Cc1cc2ccccc2cc1C. The number of hydrogen-bond acceptors (Lipinski definition) is 0. The maximum Gasteiger partial charge on any atom is -0.0178 e. The summed E-state index contributed by atoms with van der Waals surface area (Å²) < 4.78 is 0. The highest BCUT2D eigenvalue weighted by Crippen LogP contribution is 2.19. The van der Waals surface area contributed by atoms with Crippen molar-refractivity contribution in [3.05, 3.63) is 54.1 Å². The Labute approximate surface area is 78.5 Å². The van der Waals surface area contributed by atoms with Gasteiger partial charge in [-0.25, -0.2) is 0 Å². The Morgan fingerprint density at radius 3 is 2.31 bits per heavy atom. The molecule has 64 valence electrons. The van der Waals surface area contributed by atoms with E-state index in [-0.39, 0.29) is 0 Å². The molecule has 0 saturated heterocycles. The zero-order valence-electron chi connectivity index (χ0n) is 7.75. The van der Waals surface area contributed by atoms with Crippen molar-refractivity contribution >= 4 is 16.8 Å². The van der Waals surface area contributed by atoms with E-state index in [2.05, 4.69) is 49.9 Å². The summed E-state index contributed by atoms with van der Waals surface area (Å²) in [6.07, 6.45) is 1.90. The van der Waals surface area contributed by atoms with Crippen LogP contribution in [0.4, 0.5) is 0 Å². The highest BCUT2D eigenvalue weighted by Gasteiger charge is 1.96. The van der Waals surface area contributed by atoms with E-state index >= 15 is 0 Å². The van der Waals surface area contributed by atoms with E-state index in [9.17, 15) is 0 Å². The van der Waals surface area contributed by atoms with E-state index in [4.69, 9.17) is 0 Å². The Kier molecular flexibility index (Phi) is 1.90. The Morgan fingerprint density at radius 1 is 1.08 bits per heavy atom. The van der Waals surface area contributed by atoms with Gasteiger partial charge in [0.05, 0.1) is 0 Å². The third-order valence-corrected chi connectivity index (χ3v) is 2.35. The molecule has 0 bridgehead atoms. The van der Waals surface area contributed by atoms with Crippen molar-refractivity contribution in [1.82, 2.24) is 0 Å². The van der Waals surface area contributed by atoms with Crippen molar-refractivity contribution in [3.63, 3.8) is 0 Å². The smallest absolute Gasteiger partial charge is 0.0178 e. The molecule has 0 aliphatic carbocycles. The molecule has 13 heavy (non-hydrogen) atoms. The Morgan fingerprint density at radius 2 is 1.69 bits per heavy atom. The van der Waals surface area contributed by atoms with Crippen LogP contribution in [0, 0.1) is 6.92 Å². The predicted molar refractivity (Wildman–Crippen MR) is 58.8 cm³/mol. The van der Waals surface area contributed by atoms with Crippen molar-refractivity contribution in [2.45, 2.75) is 6.92 Å². The van der Waals surface area contributed by atoms with Crippen LogP contribution in [0.25, 0.3) is 16.8 Å². The maximum atomic E-state index is 3.80. The van der Waals surface area contributed by atoms with Gasteiger partial charge in [0.15, 0.2) is 0 Å². The van der Waals surface area contributed by atoms with Gasteiger partial charge in [0.1, 0.15) is 0 Å². The molecule has 0 saturated carbocycles. The van der Waals surface area contributed by atoms with Crippen LogP contribution < -0.4 is 0 Å². The summed E-state index contributed by atoms with van der Waals surface area (Å²) in [4.78, 5) is 0. The van der Waals surface area contributed by atoms with Gasteiger partial charge in [-0.15, -0.1) is 0 Å². The second-order valence-electron chi connectivity index (χ2n) is 3.26. The lowest BCUT2D eigenvalue weighted by molar-refractivity contribution is 1.48. The first-order valence-electron chi connectivity index (χ1n) is 4.43. The van der Waals surface area contributed by atoms with Crippen molar-refractivity contribution in [1.29, 1.82) is 0 Å². The van der Waals surface area contributed by atoms with Crippen LogP contribution in [0.15, 0.2) is 43.0 Å². The number of benzene rings is 2. The minimum Gasteiger partial charge on any atom is -0.0985 e. The molecular formula is C13H12. The first-order chi connectivity index (χ1) is 6.31. The fraction of sp³-hybridized carbons (Fsp3) is 0.0769. The van der Waals surface area contributed by atoms with E-state index in [1.54, 1.807) is 0 Å². The molecule has 0 aliphatic rings. The molecule has 0 fully saturated rings. The Balaban J connectivity index is 2.81. The van der Waals surface area contributed by atoms with Gasteiger partial charge in [-0.2, -0.15) is 0 Å². The topological polar surface area (TPSA) is 0 Å². The molecule has 0 heteroatoms. The minimum absolute atomic E-state index is 1.22. The molecule has 0 spiro atoms. The zero-order chi connectivity index (χ0) is 9.26. The van der Waals surface area contributed by atoms with Crippen molar-refractivity contribution in [2.75, 3.05) is 0 Å².